The van der Waals surface area contributed by atoms with Crippen LogP contribution >= 0.6 is 22.9 Å². The third-order valence-electron chi connectivity index (χ3n) is 2.41. The molecular weight excluding hydrogens is 336 g/mol. The van der Waals surface area contributed by atoms with Crippen molar-refractivity contribution in [3.05, 3.63) is 32.6 Å². The molecule has 0 aliphatic carbocycles. The fourth-order valence-corrected chi connectivity index (χ4v) is 3.90. The molecule has 21 heavy (non-hydrogen) atoms. The molecule has 0 radical (unpaired) electrons. The van der Waals surface area contributed by atoms with Gasteiger partial charge in [-0.15, -0.1) is 10.2 Å². The van der Waals surface area contributed by atoms with Gasteiger partial charge in [0, 0.05) is 12.6 Å². The van der Waals surface area contributed by atoms with Crippen molar-refractivity contribution in [2.45, 2.75) is 25.2 Å². The molecule has 0 aliphatic rings. The number of sulfonamides is 1. The fourth-order valence-electron chi connectivity index (χ4n) is 1.49. The number of nitrogens with one attached hydrogen (secondary N) is 2. The van der Waals surface area contributed by atoms with Crippen LogP contribution < -0.4 is 10.3 Å². The number of H-pyrrole nitrogens is 1. The van der Waals surface area contributed by atoms with E-state index in [2.05, 4.69) is 19.9 Å². The highest BCUT2D eigenvalue weighted by atomic mass is 35.5. The van der Waals surface area contributed by atoms with Gasteiger partial charge >= 0.3 is 0 Å². The molecule has 0 fully saturated rings. The molecule has 0 bridgehead atoms. The van der Waals surface area contributed by atoms with Crippen molar-refractivity contribution in [2.24, 2.45) is 5.92 Å². The first kappa shape index (κ1) is 15.9. The molecule has 10 heteroatoms. The summed E-state index contributed by atoms with van der Waals surface area (Å²) in [6.07, 6.45) is 1.80. The Morgan fingerprint density at radius 1 is 1.43 bits per heavy atom. The Bertz CT molecular complexity index is 798. The minimum atomic E-state index is -3.86. The van der Waals surface area contributed by atoms with Crippen molar-refractivity contribution in [1.29, 1.82) is 0 Å². The van der Waals surface area contributed by atoms with Gasteiger partial charge in [-0.25, -0.2) is 8.42 Å². The first-order valence-electron chi connectivity index (χ1n) is 6.01. The number of hydrogen-bond donors (Lipinski definition) is 2. The van der Waals surface area contributed by atoms with Crippen LogP contribution in [0.2, 0.25) is 5.02 Å². The first-order valence-corrected chi connectivity index (χ1v) is 8.69. The van der Waals surface area contributed by atoms with Gasteiger partial charge in [0.05, 0.1) is 0 Å². The molecule has 0 atom stereocenters. The summed E-state index contributed by atoms with van der Waals surface area (Å²) in [6.45, 7) is 4.07. The third-order valence-corrected chi connectivity index (χ3v) is 5.00. The Kier molecular flexibility index (Phi) is 4.64. The van der Waals surface area contributed by atoms with Crippen LogP contribution in [0.3, 0.4) is 0 Å². The predicted octanol–water partition coefficient (Wildman–Crippen LogP) is 1.88. The van der Waals surface area contributed by atoms with E-state index in [4.69, 9.17) is 11.6 Å². The smallest absolute Gasteiger partial charge is 0.266 e. The third kappa shape index (κ3) is 4.02. The number of aromatic nitrogens is 3. The summed E-state index contributed by atoms with van der Waals surface area (Å²) in [5.41, 5.74) is -0.550. The molecule has 2 heterocycles. The Labute approximate surface area is 130 Å². The van der Waals surface area contributed by atoms with E-state index in [0.717, 1.165) is 23.7 Å². The van der Waals surface area contributed by atoms with Gasteiger partial charge in [0.15, 0.2) is 0 Å². The Morgan fingerprint density at radius 3 is 2.76 bits per heavy atom. The van der Waals surface area contributed by atoms with E-state index in [-0.39, 0.29) is 15.0 Å². The van der Waals surface area contributed by atoms with Crippen molar-refractivity contribution < 1.29 is 8.42 Å². The van der Waals surface area contributed by atoms with Gasteiger partial charge in [0.25, 0.3) is 15.6 Å². The molecule has 0 saturated heterocycles. The zero-order chi connectivity index (χ0) is 15.6. The van der Waals surface area contributed by atoms with Crippen LogP contribution in [0.1, 0.15) is 18.9 Å². The fraction of sp³-hybridized carbons (Fsp3) is 0.364. The number of aromatic amines is 1. The molecule has 2 aromatic heterocycles. The number of halogens is 1. The standard InChI is InChI=1S/C11H13ClN4O3S2/c1-6(2)3-9-14-15-11(20-9)16-21(18,19)7-4-8(12)10(17)13-5-7/h4-6H,3H2,1-2H3,(H,13,17)(H,15,16). The number of anilines is 1. The lowest BCUT2D eigenvalue weighted by Crippen LogP contribution is -2.15. The molecule has 0 spiro atoms. The summed E-state index contributed by atoms with van der Waals surface area (Å²) in [6, 6.07) is 1.08. The molecule has 0 saturated carbocycles. The van der Waals surface area contributed by atoms with Crippen molar-refractivity contribution in [2.75, 3.05) is 4.72 Å². The predicted molar refractivity (Wildman–Crippen MR) is 81.3 cm³/mol. The van der Waals surface area contributed by atoms with E-state index >= 15 is 0 Å². The highest BCUT2D eigenvalue weighted by molar-refractivity contribution is 7.93. The molecule has 2 rings (SSSR count). The first-order chi connectivity index (χ1) is 9.78. The van der Waals surface area contributed by atoms with Crippen molar-refractivity contribution >= 4 is 38.1 Å². The summed E-state index contributed by atoms with van der Waals surface area (Å²) >= 11 is 6.80. The lowest BCUT2D eigenvalue weighted by atomic mass is 10.1. The minimum Gasteiger partial charge on any atom is -0.326 e. The molecule has 0 amide bonds. The number of rotatable bonds is 5. The zero-order valence-electron chi connectivity index (χ0n) is 11.3. The van der Waals surface area contributed by atoms with Crippen LogP contribution in [0.15, 0.2) is 22.0 Å². The molecular formula is C11H13ClN4O3S2. The highest BCUT2D eigenvalue weighted by Gasteiger charge is 2.18. The van der Waals surface area contributed by atoms with E-state index < -0.39 is 15.6 Å². The van der Waals surface area contributed by atoms with Crippen molar-refractivity contribution in [3.8, 4) is 0 Å². The van der Waals surface area contributed by atoms with Gasteiger partial charge in [-0.3, -0.25) is 9.52 Å². The number of pyridine rings is 1. The molecule has 2 aromatic rings. The van der Waals surface area contributed by atoms with Crippen molar-refractivity contribution in [3.63, 3.8) is 0 Å². The lowest BCUT2D eigenvalue weighted by Gasteiger charge is -2.04. The van der Waals surface area contributed by atoms with Gasteiger partial charge in [0.1, 0.15) is 14.9 Å². The Balaban J connectivity index is 2.22. The molecule has 2 N–H and O–H groups in total. The summed E-state index contributed by atoms with van der Waals surface area (Å²) < 4.78 is 26.6. The van der Waals surface area contributed by atoms with Crippen LogP contribution in [0.25, 0.3) is 0 Å². The summed E-state index contributed by atoms with van der Waals surface area (Å²) in [5, 5.41) is 8.44. The van der Waals surface area contributed by atoms with Gasteiger partial charge in [-0.1, -0.05) is 36.8 Å². The van der Waals surface area contributed by atoms with Gasteiger partial charge in [-0.2, -0.15) is 0 Å². The van der Waals surface area contributed by atoms with E-state index in [1.165, 1.54) is 11.3 Å². The second-order valence-corrected chi connectivity index (χ2v) is 7.87. The SMILES string of the molecule is CC(C)Cc1nnc(NS(=O)(=O)c2c[nH]c(=O)c(Cl)c2)s1. The maximum absolute atomic E-state index is 12.1. The highest BCUT2D eigenvalue weighted by Crippen LogP contribution is 2.21. The topological polar surface area (TPSA) is 105 Å². The molecule has 7 nitrogen and oxygen atoms in total. The maximum Gasteiger partial charge on any atom is 0.266 e. The Hall–Kier alpha value is -1.45. The Morgan fingerprint density at radius 2 is 2.14 bits per heavy atom. The van der Waals surface area contributed by atoms with Gasteiger partial charge in [-0.05, 0) is 12.0 Å². The van der Waals surface area contributed by atoms with E-state index in [1.807, 2.05) is 13.8 Å². The summed E-state index contributed by atoms with van der Waals surface area (Å²) in [4.78, 5) is 13.2. The molecule has 0 unspecified atom stereocenters. The monoisotopic (exact) mass is 348 g/mol. The van der Waals surface area contributed by atoms with E-state index in [0.29, 0.717) is 5.92 Å². The minimum absolute atomic E-state index is 0.146. The molecule has 0 aromatic carbocycles. The quantitative estimate of drug-likeness (QED) is 0.858. The zero-order valence-corrected chi connectivity index (χ0v) is 13.6. The van der Waals surface area contributed by atoms with Crippen molar-refractivity contribution in [1.82, 2.24) is 15.2 Å². The van der Waals surface area contributed by atoms with Crippen LogP contribution in [-0.4, -0.2) is 23.6 Å². The molecule has 0 aliphatic heterocycles. The average molecular weight is 349 g/mol. The molecule has 114 valence electrons. The second-order valence-electron chi connectivity index (χ2n) is 4.72. The number of nitrogens with zero attached hydrogens (tertiary/aromatic N) is 2. The average Bonchev–Trinajstić information content (AvgIpc) is 2.78. The van der Waals surface area contributed by atoms with Crippen LogP contribution in [0, 0.1) is 5.92 Å². The van der Waals surface area contributed by atoms with Crippen LogP contribution in [-0.2, 0) is 16.4 Å². The number of hydrogen-bond acceptors (Lipinski definition) is 6. The van der Waals surface area contributed by atoms with E-state index in [9.17, 15) is 13.2 Å². The summed E-state index contributed by atoms with van der Waals surface area (Å²) in [7, 11) is -3.86. The second kappa shape index (κ2) is 6.12. The maximum atomic E-state index is 12.1. The van der Waals surface area contributed by atoms with E-state index in [1.54, 1.807) is 0 Å². The largest absolute Gasteiger partial charge is 0.326 e. The van der Waals surface area contributed by atoms with Crippen LogP contribution in [0.5, 0.6) is 0 Å². The lowest BCUT2D eigenvalue weighted by molar-refractivity contribution is 0.600. The normalized spacial score (nSPS) is 11.8. The van der Waals surface area contributed by atoms with Crippen LogP contribution in [0.4, 0.5) is 5.13 Å². The van der Waals surface area contributed by atoms with Gasteiger partial charge in [0.2, 0.25) is 5.13 Å². The van der Waals surface area contributed by atoms with Gasteiger partial charge < -0.3 is 4.98 Å². The summed E-state index contributed by atoms with van der Waals surface area (Å²) in [5.74, 6) is 0.403.